The van der Waals surface area contributed by atoms with Gasteiger partial charge in [0.2, 0.25) is 5.60 Å². The van der Waals surface area contributed by atoms with Crippen LogP contribution in [-0.2, 0) is 26.1 Å². The van der Waals surface area contributed by atoms with Crippen LogP contribution in [0.15, 0.2) is 42.1 Å². The fraction of sp³-hybridized carbons (Fsp3) is 0.607. The van der Waals surface area contributed by atoms with E-state index in [0.717, 1.165) is 0 Å². The lowest BCUT2D eigenvalue weighted by atomic mass is 9.45. The second kappa shape index (κ2) is 8.27. The fourth-order valence-electron chi connectivity index (χ4n) is 8.24. The molecule has 0 amide bonds. The lowest BCUT2D eigenvalue weighted by Crippen LogP contribution is -2.70. The van der Waals surface area contributed by atoms with Crippen LogP contribution in [0.5, 0.6) is 0 Å². The Bertz CT molecular complexity index is 1240. The zero-order chi connectivity index (χ0) is 27.1. The minimum atomic E-state index is -1.71. The first-order valence-electron chi connectivity index (χ1n) is 12.7. The Morgan fingerprint density at radius 2 is 1.95 bits per heavy atom. The number of aryl methyl sites for hydroxylation is 1. The van der Waals surface area contributed by atoms with Gasteiger partial charge < -0.3 is 19.1 Å². The van der Waals surface area contributed by atoms with Crippen LogP contribution in [0.25, 0.3) is 0 Å². The van der Waals surface area contributed by atoms with Gasteiger partial charge in [-0.1, -0.05) is 26.8 Å². The average molecular weight is 534 g/mol. The predicted octanol–water partition coefficient (Wildman–Crippen LogP) is 3.93. The molecule has 0 aromatic carbocycles. The normalized spacial score (nSPS) is 44.4. The van der Waals surface area contributed by atoms with Crippen molar-refractivity contribution in [2.75, 3.05) is 7.11 Å². The zero-order valence-corrected chi connectivity index (χ0v) is 22.4. The molecule has 4 aliphatic rings. The molecule has 9 atom stereocenters. The van der Waals surface area contributed by atoms with Crippen LogP contribution < -0.4 is 0 Å². The summed E-state index contributed by atoms with van der Waals surface area (Å²) in [6, 6.07) is 3.31. The van der Waals surface area contributed by atoms with Gasteiger partial charge in [-0.15, -0.1) is 11.6 Å². The molecule has 3 saturated carbocycles. The molecule has 5 rings (SSSR count). The Morgan fingerprint density at radius 1 is 1.24 bits per heavy atom. The van der Waals surface area contributed by atoms with Crippen molar-refractivity contribution in [2.24, 2.45) is 35.6 Å². The number of carbonyl (C=O) groups excluding carboxylic acids is 3. The maximum absolute atomic E-state index is 15.8. The molecule has 2 unspecified atom stereocenters. The van der Waals surface area contributed by atoms with Crippen molar-refractivity contribution in [3.05, 3.63) is 47.8 Å². The molecular weight excluding hydrogens is 501 g/mol. The number of ether oxygens (including phenoxy) is 2. The van der Waals surface area contributed by atoms with Crippen LogP contribution in [0.2, 0.25) is 0 Å². The van der Waals surface area contributed by atoms with Crippen molar-refractivity contribution in [1.29, 1.82) is 0 Å². The lowest BCUT2D eigenvalue weighted by Gasteiger charge is -2.64. The Kier molecular flexibility index (Phi) is 5.85. The summed E-state index contributed by atoms with van der Waals surface area (Å²) < 4.78 is 28.8. The number of hydrogen-bond acceptors (Lipinski definition) is 6. The summed E-state index contributed by atoms with van der Waals surface area (Å²) in [7, 11) is 2.95. The van der Waals surface area contributed by atoms with E-state index in [2.05, 4.69) is 0 Å². The number of methoxy groups -OCH3 is 1. The highest BCUT2D eigenvalue weighted by Crippen LogP contribution is 2.72. The second-order valence-corrected chi connectivity index (χ2v) is 12.2. The molecule has 9 heteroatoms. The molecule has 4 aliphatic carbocycles. The number of fused-ring (bicyclic) bond motifs is 5. The fourth-order valence-corrected chi connectivity index (χ4v) is 8.73. The first kappa shape index (κ1) is 26.2. The van der Waals surface area contributed by atoms with Crippen LogP contribution >= 0.6 is 11.6 Å². The Labute approximate surface area is 220 Å². The van der Waals surface area contributed by atoms with Gasteiger partial charge in [-0.25, -0.2) is 14.0 Å². The van der Waals surface area contributed by atoms with Crippen LogP contribution in [0, 0.1) is 28.6 Å². The topological polar surface area (TPSA) is 94.8 Å². The molecule has 0 saturated heterocycles. The highest BCUT2D eigenvalue weighted by Gasteiger charge is 2.78. The van der Waals surface area contributed by atoms with E-state index in [1.165, 1.54) is 19.3 Å². The molecular formula is C28H33ClFNO6. The number of esters is 2. The van der Waals surface area contributed by atoms with Gasteiger partial charge >= 0.3 is 11.9 Å². The van der Waals surface area contributed by atoms with Crippen molar-refractivity contribution in [3.63, 3.8) is 0 Å². The largest absolute Gasteiger partial charge is 0.466 e. The van der Waals surface area contributed by atoms with Gasteiger partial charge in [0.15, 0.2) is 5.78 Å². The molecule has 0 bridgehead atoms. The van der Waals surface area contributed by atoms with Crippen LogP contribution in [0.4, 0.5) is 4.39 Å². The summed E-state index contributed by atoms with van der Waals surface area (Å²) in [5.41, 5.74) is -3.37. The summed E-state index contributed by atoms with van der Waals surface area (Å²) in [6.45, 7) is 5.40. The van der Waals surface area contributed by atoms with Gasteiger partial charge in [0.25, 0.3) is 0 Å². The zero-order valence-electron chi connectivity index (χ0n) is 21.7. The Morgan fingerprint density at radius 3 is 2.57 bits per heavy atom. The molecule has 0 spiro atoms. The molecule has 1 aromatic heterocycles. The monoisotopic (exact) mass is 533 g/mol. The molecule has 1 N–H and O–H groups in total. The maximum atomic E-state index is 15.8. The third-order valence-corrected chi connectivity index (χ3v) is 11.0. The van der Waals surface area contributed by atoms with E-state index in [9.17, 15) is 19.5 Å². The van der Waals surface area contributed by atoms with Gasteiger partial charge in [0.05, 0.1) is 18.1 Å². The van der Waals surface area contributed by atoms with E-state index in [0.29, 0.717) is 6.42 Å². The molecule has 200 valence electrons. The summed E-state index contributed by atoms with van der Waals surface area (Å²) in [4.78, 5) is 37.7. The molecule has 3 fully saturated rings. The molecule has 37 heavy (non-hydrogen) atoms. The second-order valence-electron chi connectivity index (χ2n) is 11.6. The Balaban J connectivity index is 1.64. The van der Waals surface area contributed by atoms with Crippen molar-refractivity contribution in [3.8, 4) is 0 Å². The van der Waals surface area contributed by atoms with E-state index in [1.807, 2.05) is 13.8 Å². The van der Waals surface area contributed by atoms with Crippen LogP contribution in [-0.4, -0.2) is 57.3 Å². The van der Waals surface area contributed by atoms with Gasteiger partial charge in [0.1, 0.15) is 11.9 Å². The SMILES string of the molecule is COC(=O)[C@@]1(OC(=O)c2cccn2C)[C@H](C)CC2C3C[C@H](F)C4=CC(=O)C=C[C@]4(C)[C@@]3(Cl)[C@@H](O)C[C@@]21C. The van der Waals surface area contributed by atoms with Gasteiger partial charge in [-0.05, 0) is 61.0 Å². The highest BCUT2D eigenvalue weighted by molar-refractivity contribution is 6.26. The van der Waals surface area contributed by atoms with Crippen molar-refractivity contribution >= 4 is 29.3 Å². The number of aromatic nitrogens is 1. The average Bonchev–Trinajstić information content (AvgIpc) is 3.36. The van der Waals surface area contributed by atoms with Gasteiger partial charge in [-0.3, -0.25) is 4.79 Å². The number of ketones is 1. The molecule has 1 aromatic rings. The number of aliphatic hydroxyl groups is 1. The minimum Gasteiger partial charge on any atom is -0.466 e. The van der Waals surface area contributed by atoms with Gasteiger partial charge in [-0.2, -0.15) is 0 Å². The van der Waals surface area contributed by atoms with Crippen LogP contribution in [0.3, 0.4) is 0 Å². The van der Waals surface area contributed by atoms with Crippen molar-refractivity contribution < 1.29 is 33.4 Å². The number of halogens is 2. The van der Waals surface area contributed by atoms with E-state index in [1.54, 1.807) is 42.9 Å². The number of nitrogens with zero attached hydrogens (tertiary/aromatic N) is 1. The summed E-state index contributed by atoms with van der Waals surface area (Å²) in [5.74, 6) is -3.12. The number of carbonyl (C=O) groups is 3. The quantitative estimate of drug-likeness (QED) is 0.467. The smallest absolute Gasteiger partial charge is 0.356 e. The first-order chi connectivity index (χ1) is 17.3. The lowest BCUT2D eigenvalue weighted by molar-refractivity contribution is -0.199. The summed E-state index contributed by atoms with van der Waals surface area (Å²) in [6.07, 6.45) is 3.78. The molecule has 1 heterocycles. The standard InChI is InChI=1S/C28H33ClFNO6/c1-15-11-17-18-13-20(30)19-12-16(32)8-9-25(19,2)27(18,29)22(33)14-26(17,3)28(15,24(35)36-5)37-23(34)21-7-6-10-31(21)4/h6-10,12,15,17-18,20,22,33H,11,13-14H2,1-5H3/t15-,17?,18?,20+,22+,25+,26+,27+,28+/m1/s1. The Hall–Kier alpha value is -2.45. The first-order valence-corrected chi connectivity index (χ1v) is 13.0. The van der Waals surface area contributed by atoms with E-state index in [4.69, 9.17) is 21.1 Å². The number of hydrogen-bond donors (Lipinski definition) is 1. The maximum Gasteiger partial charge on any atom is 0.356 e. The minimum absolute atomic E-state index is 0.0148. The number of rotatable bonds is 3. The number of alkyl halides is 2. The molecule has 0 radical (unpaired) electrons. The number of aliphatic hydroxyl groups excluding tert-OH is 1. The number of allylic oxidation sites excluding steroid dienone is 4. The molecule has 7 nitrogen and oxygen atoms in total. The third-order valence-electron chi connectivity index (χ3n) is 10.1. The van der Waals surface area contributed by atoms with Crippen molar-refractivity contribution in [2.45, 2.75) is 62.8 Å². The predicted molar refractivity (Wildman–Crippen MR) is 134 cm³/mol. The van der Waals surface area contributed by atoms with E-state index < -0.39 is 57.4 Å². The molecule has 0 aliphatic heterocycles. The summed E-state index contributed by atoms with van der Waals surface area (Å²) in [5, 5.41) is 11.8. The summed E-state index contributed by atoms with van der Waals surface area (Å²) >= 11 is 7.40. The van der Waals surface area contributed by atoms with Crippen LogP contribution in [0.1, 0.15) is 50.5 Å². The highest BCUT2D eigenvalue weighted by atomic mass is 35.5. The van der Waals surface area contributed by atoms with E-state index in [-0.39, 0.29) is 35.8 Å². The van der Waals surface area contributed by atoms with Gasteiger partial charge in [0, 0.05) is 30.0 Å². The third kappa shape index (κ3) is 3.11. The van der Waals surface area contributed by atoms with Crippen molar-refractivity contribution in [1.82, 2.24) is 4.57 Å². The van der Waals surface area contributed by atoms with E-state index >= 15 is 4.39 Å².